The van der Waals surface area contributed by atoms with E-state index in [0.717, 1.165) is 5.56 Å². The fourth-order valence-electron chi connectivity index (χ4n) is 3.82. The molecule has 166 valence electrons. The molecule has 0 radical (unpaired) electrons. The first-order chi connectivity index (χ1) is 14.7. The van der Waals surface area contributed by atoms with Crippen LogP contribution in [0.3, 0.4) is 0 Å². The van der Waals surface area contributed by atoms with Gasteiger partial charge in [-0.05, 0) is 94.0 Å². The van der Waals surface area contributed by atoms with E-state index < -0.39 is 17.4 Å². The highest BCUT2D eigenvalue weighted by atomic mass is 19.1. The summed E-state index contributed by atoms with van der Waals surface area (Å²) < 4.78 is 26.1. The molecular formula is C26H32FNO3. The van der Waals surface area contributed by atoms with Gasteiger partial charge < -0.3 is 14.8 Å². The topological polar surface area (TPSA) is 47.6 Å². The molecular weight excluding hydrogens is 393 g/mol. The lowest BCUT2D eigenvalue weighted by molar-refractivity contribution is 0.00686. The number of hydrogen-bond donors (Lipinski definition) is 1. The Kier molecular flexibility index (Phi) is 5.96. The second-order valence-electron chi connectivity index (χ2n) is 9.68. The smallest absolute Gasteiger partial charge is 0.338 e. The molecule has 31 heavy (non-hydrogen) atoms. The summed E-state index contributed by atoms with van der Waals surface area (Å²) in [5, 5.41) is 3.22. The third-order valence-corrected chi connectivity index (χ3v) is 5.59. The number of nitrogens with one attached hydrogen (secondary N) is 1. The zero-order chi connectivity index (χ0) is 22.2. The summed E-state index contributed by atoms with van der Waals surface area (Å²) in [5.41, 5.74) is 3.75. The second kappa shape index (κ2) is 8.52. The van der Waals surface area contributed by atoms with E-state index in [9.17, 15) is 4.79 Å². The Hall–Kier alpha value is -2.56. The van der Waals surface area contributed by atoms with E-state index in [0.29, 0.717) is 30.7 Å². The lowest BCUT2D eigenvalue weighted by atomic mass is 10.00. The zero-order valence-electron chi connectivity index (χ0n) is 18.9. The number of rotatable bonds is 8. The van der Waals surface area contributed by atoms with E-state index in [-0.39, 0.29) is 11.3 Å². The van der Waals surface area contributed by atoms with Gasteiger partial charge in [0.15, 0.2) is 5.82 Å². The first-order valence-corrected chi connectivity index (χ1v) is 11.3. The number of carbonyl (C=O) groups excluding carboxylic acids is 1. The van der Waals surface area contributed by atoms with Crippen LogP contribution in [0.2, 0.25) is 0 Å². The predicted octanol–water partition coefficient (Wildman–Crippen LogP) is 6.55. The van der Waals surface area contributed by atoms with Crippen molar-refractivity contribution < 1.29 is 18.7 Å². The van der Waals surface area contributed by atoms with Crippen molar-refractivity contribution in [3.05, 3.63) is 58.4 Å². The van der Waals surface area contributed by atoms with Gasteiger partial charge >= 0.3 is 5.97 Å². The van der Waals surface area contributed by atoms with Crippen LogP contribution >= 0.6 is 0 Å². The Morgan fingerprint density at radius 3 is 2.16 bits per heavy atom. The molecule has 2 aromatic carbocycles. The van der Waals surface area contributed by atoms with Gasteiger partial charge in [0.2, 0.25) is 0 Å². The zero-order valence-corrected chi connectivity index (χ0v) is 18.9. The van der Waals surface area contributed by atoms with Crippen molar-refractivity contribution in [1.29, 1.82) is 0 Å². The molecule has 0 heterocycles. The van der Waals surface area contributed by atoms with Crippen molar-refractivity contribution in [3.63, 3.8) is 0 Å². The number of anilines is 1. The van der Waals surface area contributed by atoms with Crippen molar-refractivity contribution in [2.45, 2.75) is 77.4 Å². The molecule has 4 rings (SSSR count). The van der Waals surface area contributed by atoms with Crippen LogP contribution in [0.5, 0.6) is 5.75 Å². The van der Waals surface area contributed by atoms with Gasteiger partial charge in [-0.2, -0.15) is 0 Å². The first kappa shape index (κ1) is 21.7. The summed E-state index contributed by atoms with van der Waals surface area (Å²) in [5.74, 6) is 0.601. The van der Waals surface area contributed by atoms with Crippen molar-refractivity contribution in [2.24, 2.45) is 0 Å². The number of ether oxygens (including phenoxy) is 2. The minimum Gasteiger partial charge on any atom is -0.492 e. The highest BCUT2D eigenvalue weighted by Crippen LogP contribution is 2.45. The third kappa shape index (κ3) is 5.57. The molecule has 4 nitrogen and oxygen atoms in total. The van der Waals surface area contributed by atoms with Crippen LogP contribution in [0.15, 0.2) is 30.3 Å². The fraction of sp³-hybridized carbons (Fsp3) is 0.500. The standard InChI is InChI=1S/C26H32FNO3/c1-5-30-23-14-21(25(29)31-26(2,3)4)13-22(27)24(23)28-15-16-10-19(17-6-7-17)12-20(11-16)18-8-9-18/h10-14,17-18,28H,5-9,15H2,1-4H3. The second-order valence-corrected chi connectivity index (χ2v) is 9.68. The van der Waals surface area contributed by atoms with Gasteiger partial charge in [-0.3, -0.25) is 0 Å². The van der Waals surface area contributed by atoms with Crippen LogP contribution in [-0.2, 0) is 11.3 Å². The number of hydrogen-bond acceptors (Lipinski definition) is 4. The van der Waals surface area contributed by atoms with Crippen molar-refractivity contribution in [2.75, 3.05) is 11.9 Å². The van der Waals surface area contributed by atoms with Gasteiger partial charge in [0.05, 0.1) is 12.2 Å². The fourth-order valence-corrected chi connectivity index (χ4v) is 3.82. The number of benzene rings is 2. The van der Waals surface area contributed by atoms with Gasteiger partial charge in [0.1, 0.15) is 17.0 Å². The number of carbonyl (C=O) groups is 1. The average Bonchev–Trinajstić information content (AvgIpc) is 3.58. The molecule has 1 N–H and O–H groups in total. The molecule has 0 bridgehead atoms. The summed E-state index contributed by atoms with van der Waals surface area (Å²) in [4.78, 5) is 12.4. The SMILES string of the molecule is CCOc1cc(C(=O)OC(C)(C)C)cc(F)c1NCc1cc(C2CC2)cc(C2CC2)c1. The summed E-state index contributed by atoms with van der Waals surface area (Å²) in [6.45, 7) is 8.06. The molecule has 2 aromatic rings. The molecule has 0 unspecified atom stereocenters. The summed E-state index contributed by atoms with van der Waals surface area (Å²) in [7, 11) is 0. The van der Waals surface area contributed by atoms with Gasteiger partial charge in [-0.25, -0.2) is 9.18 Å². The van der Waals surface area contributed by atoms with Crippen molar-refractivity contribution >= 4 is 11.7 Å². The monoisotopic (exact) mass is 425 g/mol. The molecule has 2 aliphatic rings. The molecule has 2 saturated carbocycles. The van der Waals surface area contributed by atoms with Gasteiger partial charge in [0.25, 0.3) is 0 Å². The first-order valence-electron chi connectivity index (χ1n) is 11.3. The third-order valence-electron chi connectivity index (χ3n) is 5.59. The molecule has 0 saturated heterocycles. The Labute approximate surface area is 184 Å². The normalized spacial score (nSPS) is 16.2. The molecule has 2 aliphatic carbocycles. The highest BCUT2D eigenvalue weighted by molar-refractivity contribution is 5.91. The van der Waals surface area contributed by atoms with Crippen LogP contribution in [0.1, 0.15) is 92.3 Å². The molecule has 0 spiro atoms. The lowest BCUT2D eigenvalue weighted by Crippen LogP contribution is -2.24. The Bertz CT molecular complexity index is 941. The maximum Gasteiger partial charge on any atom is 0.338 e. The van der Waals surface area contributed by atoms with Crippen LogP contribution in [0, 0.1) is 5.82 Å². The highest BCUT2D eigenvalue weighted by Gasteiger charge is 2.28. The van der Waals surface area contributed by atoms with E-state index in [1.165, 1.54) is 42.9 Å². The van der Waals surface area contributed by atoms with Crippen LogP contribution < -0.4 is 10.1 Å². The summed E-state index contributed by atoms with van der Waals surface area (Å²) in [6.07, 6.45) is 5.04. The number of halogens is 1. The molecule has 0 aliphatic heterocycles. The van der Waals surface area contributed by atoms with E-state index in [2.05, 4.69) is 23.5 Å². The maximum absolute atomic E-state index is 15.0. The maximum atomic E-state index is 15.0. The average molecular weight is 426 g/mol. The van der Waals surface area contributed by atoms with Crippen LogP contribution in [-0.4, -0.2) is 18.2 Å². The Morgan fingerprint density at radius 1 is 1.03 bits per heavy atom. The molecule has 2 fully saturated rings. The van der Waals surface area contributed by atoms with Gasteiger partial charge in [0, 0.05) is 6.54 Å². The lowest BCUT2D eigenvalue weighted by Gasteiger charge is -2.20. The van der Waals surface area contributed by atoms with E-state index in [1.807, 2.05) is 6.92 Å². The quantitative estimate of drug-likeness (QED) is 0.487. The predicted molar refractivity (Wildman–Crippen MR) is 120 cm³/mol. The summed E-state index contributed by atoms with van der Waals surface area (Å²) >= 11 is 0. The van der Waals surface area contributed by atoms with Crippen LogP contribution in [0.25, 0.3) is 0 Å². The molecule has 0 atom stereocenters. The largest absolute Gasteiger partial charge is 0.492 e. The van der Waals surface area contributed by atoms with Gasteiger partial charge in [-0.1, -0.05) is 18.2 Å². The number of esters is 1. The molecule has 0 amide bonds. The van der Waals surface area contributed by atoms with Crippen molar-refractivity contribution in [3.8, 4) is 5.75 Å². The van der Waals surface area contributed by atoms with Crippen molar-refractivity contribution in [1.82, 2.24) is 0 Å². The summed E-state index contributed by atoms with van der Waals surface area (Å²) in [6, 6.07) is 9.61. The van der Waals surface area contributed by atoms with Crippen LogP contribution in [0.4, 0.5) is 10.1 Å². The minimum atomic E-state index is -0.651. The van der Waals surface area contributed by atoms with Gasteiger partial charge in [-0.15, -0.1) is 0 Å². The molecule has 5 heteroatoms. The Morgan fingerprint density at radius 2 is 1.65 bits per heavy atom. The van der Waals surface area contributed by atoms with E-state index >= 15 is 4.39 Å². The van der Waals surface area contributed by atoms with E-state index in [4.69, 9.17) is 9.47 Å². The minimum absolute atomic E-state index is 0.146. The van der Waals surface area contributed by atoms with E-state index in [1.54, 1.807) is 26.8 Å². The molecule has 0 aromatic heterocycles. The Balaban J connectivity index is 1.56.